The molecule has 1 heterocycles. The van der Waals surface area contributed by atoms with E-state index in [0.717, 1.165) is 25.7 Å². The van der Waals surface area contributed by atoms with E-state index in [0.29, 0.717) is 13.0 Å². The summed E-state index contributed by atoms with van der Waals surface area (Å²) in [6, 6.07) is 0. The van der Waals surface area contributed by atoms with Crippen molar-refractivity contribution in [1.29, 1.82) is 0 Å². The predicted octanol–water partition coefficient (Wildman–Crippen LogP) is 0.327. The Morgan fingerprint density at radius 2 is 1.82 bits per heavy atom. The average Bonchev–Trinajstić information content (AvgIpc) is 3.13. The molecule has 122 valence electrons. The molecule has 0 aromatic heterocycles. The first-order chi connectivity index (χ1) is 10.5. The Hall–Kier alpha value is -1.17. The largest absolute Gasteiger partial charge is 0.369 e. The Morgan fingerprint density at radius 1 is 1.09 bits per heavy atom. The summed E-state index contributed by atoms with van der Waals surface area (Å²) in [7, 11) is 0. The maximum atomic E-state index is 14.7. The fourth-order valence-electron chi connectivity index (χ4n) is 6.60. The minimum atomic E-state index is -1.14. The molecule has 5 N–H and O–H groups in total. The number of alkyl halides is 1. The Labute approximate surface area is 129 Å². The Kier molecular flexibility index (Phi) is 2.91. The summed E-state index contributed by atoms with van der Waals surface area (Å²) in [5, 5.41) is 3.03. The molecule has 6 heteroatoms. The lowest BCUT2D eigenvalue weighted by atomic mass is 9.56. The van der Waals surface area contributed by atoms with Gasteiger partial charge in [-0.3, -0.25) is 9.59 Å². The van der Waals surface area contributed by atoms with Gasteiger partial charge in [-0.05, 0) is 55.9 Å². The molecule has 3 saturated carbocycles. The Balaban J connectivity index is 1.86. The predicted molar refractivity (Wildman–Crippen MR) is 78.1 cm³/mol. The van der Waals surface area contributed by atoms with Gasteiger partial charge in [0.15, 0.2) is 0 Å². The number of rotatable bonds is 3. The second-order valence-corrected chi connectivity index (χ2v) is 7.76. The number of nitrogens with two attached hydrogens (primary N) is 2. The van der Waals surface area contributed by atoms with E-state index in [-0.39, 0.29) is 23.8 Å². The number of halogens is 1. The molecule has 1 aliphatic heterocycles. The van der Waals surface area contributed by atoms with Crippen LogP contribution in [0.25, 0.3) is 0 Å². The summed E-state index contributed by atoms with van der Waals surface area (Å²) >= 11 is 0. The lowest BCUT2D eigenvalue weighted by Crippen LogP contribution is -2.60. The number of carbonyl (C=O) groups excluding carboxylic acids is 2. The van der Waals surface area contributed by atoms with Crippen LogP contribution in [-0.2, 0) is 9.59 Å². The normalized spacial score (nSPS) is 48.5. The van der Waals surface area contributed by atoms with Crippen molar-refractivity contribution in [3.63, 3.8) is 0 Å². The van der Waals surface area contributed by atoms with Crippen molar-refractivity contribution in [3.05, 3.63) is 0 Å². The van der Waals surface area contributed by atoms with E-state index in [9.17, 15) is 14.0 Å². The lowest BCUT2D eigenvalue weighted by Gasteiger charge is -2.48. The average molecular weight is 309 g/mol. The monoisotopic (exact) mass is 309 g/mol. The molecule has 1 saturated heterocycles. The first-order valence-corrected chi connectivity index (χ1v) is 8.40. The first kappa shape index (κ1) is 14.4. The van der Waals surface area contributed by atoms with Crippen molar-refractivity contribution in [2.45, 2.75) is 38.3 Å². The van der Waals surface area contributed by atoms with Gasteiger partial charge in [0.2, 0.25) is 11.8 Å². The van der Waals surface area contributed by atoms with Gasteiger partial charge in [0.25, 0.3) is 0 Å². The number of hydrogen-bond donors (Lipinski definition) is 3. The highest BCUT2D eigenvalue weighted by molar-refractivity contribution is 5.91. The van der Waals surface area contributed by atoms with Crippen LogP contribution in [0.5, 0.6) is 0 Å². The van der Waals surface area contributed by atoms with Crippen LogP contribution in [0.2, 0.25) is 0 Å². The molecular weight excluding hydrogens is 285 g/mol. The number of carbonyl (C=O) groups is 2. The van der Waals surface area contributed by atoms with Gasteiger partial charge in [0.05, 0.1) is 11.3 Å². The topological polar surface area (TPSA) is 98.2 Å². The van der Waals surface area contributed by atoms with Crippen molar-refractivity contribution in [2.75, 3.05) is 13.1 Å². The molecule has 22 heavy (non-hydrogen) atoms. The zero-order valence-corrected chi connectivity index (χ0v) is 12.7. The molecule has 4 unspecified atom stereocenters. The van der Waals surface area contributed by atoms with Crippen molar-refractivity contribution in [1.82, 2.24) is 5.32 Å². The summed E-state index contributed by atoms with van der Waals surface area (Å²) in [5.41, 5.74) is 10.5. The number of hydrogen-bond acceptors (Lipinski definition) is 3. The zero-order valence-electron chi connectivity index (χ0n) is 12.7. The van der Waals surface area contributed by atoms with Crippen molar-refractivity contribution < 1.29 is 14.0 Å². The molecule has 2 bridgehead atoms. The molecule has 4 rings (SSSR count). The molecule has 6 atom stereocenters. The van der Waals surface area contributed by atoms with Crippen LogP contribution in [0.15, 0.2) is 0 Å². The van der Waals surface area contributed by atoms with Gasteiger partial charge in [-0.25, -0.2) is 4.39 Å². The summed E-state index contributed by atoms with van der Waals surface area (Å²) in [5.74, 6) is -1.83. The van der Waals surface area contributed by atoms with Crippen LogP contribution >= 0.6 is 0 Å². The molecule has 5 nitrogen and oxygen atoms in total. The summed E-state index contributed by atoms with van der Waals surface area (Å²) in [6.07, 6.45) is 3.28. The maximum Gasteiger partial charge on any atom is 0.225 e. The van der Waals surface area contributed by atoms with Gasteiger partial charge in [-0.1, -0.05) is 0 Å². The maximum absolute atomic E-state index is 14.7. The number of nitrogens with one attached hydrogen (secondary N) is 1. The molecular formula is C16H24FN3O2. The van der Waals surface area contributed by atoms with Crippen LogP contribution in [-0.4, -0.2) is 31.1 Å². The Bertz CT molecular complexity index is 535. The van der Waals surface area contributed by atoms with Crippen molar-refractivity contribution in [2.24, 2.45) is 46.0 Å². The van der Waals surface area contributed by atoms with E-state index in [2.05, 4.69) is 5.32 Å². The van der Waals surface area contributed by atoms with E-state index in [4.69, 9.17) is 11.5 Å². The highest BCUT2D eigenvalue weighted by Gasteiger charge is 2.79. The minimum absolute atomic E-state index is 0.0410. The minimum Gasteiger partial charge on any atom is -0.369 e. The van der Waals surface area contributed by atoms with E-state index in [1.807, 2.05) is 0 Å². The van der Waals surface area contributed by atoms with E-state index in [1.54, 1.807) is 0 Å². The molecule has 1 spiro atoms. The quantitative estimate of drug-likeness (QED) is 0.700. The third-order valence-electron chi connectivity index (χ3n) is 7.27. The third-order valence-corrected chi connectivity index (χ3v) is 7.27. The smallest absolute Gasteiger partial charge is 0.225 e. The summed E-state index contributed by atoms with van der Waals surface area (Å²) in [4.78, 5) is 24.9. The molecule has 0 aromatic rings. The lowest BCUT2D eigenvalue weighted by molar-refractivity contribution is -0.152. The van der Waals surface area contributed by atoms with E-state index in [1.165, 1.54) is 0 Å². The first-order valence-electron chi connectivity index (χ1n) is 8.40. The van der Waals surface area contributed by atoms with Gasteiger partial charge < -0.3 is 16.8 Å². The summed E-state index contributed by atoms with van der Waals surface area (Å²) in [6.45, 7) is 0.894. The second-order valence-electron chi connectivity index (χ2n) is 7.76. The molecule has 4 aliphatic rings. The SMILES string of the molecule is NC(=O)C1C2CCC(C23CC3)C1(C(N)=O)[C@@H]1CCNC[C@@H]1F. The second kappa shape index (κ2) is 4.43. The van der Waals surface area contributed by atoms with Gasteiger partial charge in [-0.2, -0.15) is 0 Å². The number of amides is 2. The van der Waals surface area contributed by atoms with E-state index >= 15 is 0 Å². The van der Waals surface area contributed by atoms with Gasteiger partial charge >= 0.3 is 0 Å². The van der Waals surface area contributed by atoms with Crippen LogP contribution < -0.4 is 16.8 Å². The molecule has 2 amide bonds. The molecule has 3 aliphatic carbocycles. The fourth-order valence-corrected chi connectivity index (χ4v) is 6.60. The van der Waals surface area contributed by atoms with Gasteiger partial charge in [-0.15, -0.1) is 0 Å². The van der Waals surface area contributed by atoms with Crippen LogP contribution in [0.1, 0.15) is 32.1 Å². The standard InChI is InChI=1S/C16H24FN3O2/c17-10-7-20-6-3-8(10)16(14(19)22)11-2-1-9(12(16)13(18)21)15(11)4-5-15/h8-12,20H,1-7H2,(H2,18,21)(H2,19,22)/t8-,9?,10+,11?,12?,16?/m1/s1. The van der Waals surface area contributed by atoms with Crippen LogP contribution in [0, 0.1) is 34.5 Å². The van der Waals surface area contributed by atoms with Gasteiger partial charge in [0.1, 0.15) is 6.17 Å². The summed E-state index contributed by atoms with van der Waals surface area (Å²) < 4.78 is 14.7. The molecule has 0 aromatic carbocycles. The van der Waals surface area contributed by atoms with Crippen molar-refractivity contribution in [3.8, 4) is 0 Å². The Morgan fingerprint density at radius 3 is 2.36 bits per heavy atom. The van der Waals surface area contributed by atoms with Gasteiger partial charge in [0, 0.05) is 12.5 Å². The van der Waals surface area contributed by atoms with Crippen LogP contribution in [0.4, 0.5) is 4.39 Å². The molecule has 0 radical (unpaired) electrons. The highest BCUT2D eigenvalue weighted by Crippen LogP contribution is 2.79. The number of primary amides is 2. The third kappa shape index (κ3) is 1.47. The zero-order chi connectivity index (χ0) is 15.7. The van der Waals surface area contributed by atoms with E-state index < -0.39 is 35.2 Å². The fraction of sp³-hybridized carbons (Fsp3) is 0.875. The molecule has 4 fully saturated rings. The number of piperidine rings is 1. The highest BCUT2D eigenvalue weighted by atomic mass is 19.1. The van der Waals surface area contributed by atoms with Crippen molar-refractivity contribution >= 4 is 11.8 Å². The van der Waals surface area contributed by atoms with Crippen LogP contribution in [0.3, 0.4) is 0 Å².